The Morgan fingerprint density at radius 2 is 2.06 bits per heavy atom. The fourth-order valence-electron chi connectivity index (χ4n) is 1.52. The minimum atomic E-state index is -0.0295. The lowest BCUT2D eigenvalue weighted by Crippen LogP contribution is -2.11. The van der Waals surface area contributed by atoms with E-state index in [2.05, 4.69) is 5.32 Å². The number of anilines is 1. The van der Waals surface area contributed by atoms with E-state index < -0.39 is 0 Å². The average Bonchev–Trinajstić information content (AvgIpc) is 2.64. The highest BCUT2D eigenvalue weighted by Gasteiger charge is 2.10. The van der Waals surface area contributed by atoms with Crippen molar-refractivity contribution in [3.8, 4) is 0 Å². The molecule has 2 nitrogen and oxygen atoms in total. The van der Waals surface area contributed by atoms with Crippen LogP contribution in [-0.4, -0.2) is 5.91 Å². The summed E-state index contributed by atoms with van der Waals surface area (Å²) in [6.07, 6.45) is 0. The van der Waals surface area contributed by atoms with E-state index in [0.29, 0.717) is 0 Å². The van der Waals surface area contributed by atoms with Crippen molar-refractivity contribution in [2.24, 2.45) is 0 Å². The summed E-state index contributed by atoms with van der Waals surface area (Å²) in [5.74, 6) is -0.0295. The van der Waals surface area contributed by atoms with Crippen molar-refractivity contribution in [1.29, 1.82) is 0 Å². The molecule has 0 aliphatic heterocycles. The summed E-state index contributed by atoms with van der Waals surface area (Å²) in [6.45, 7) is 3.95. The number of hydrogen-bond acceptors (Lipinski definition) is 2. The summed E-state index contributed by atoms with van der Waals surface area (Å²) in [5, 5.41) is 4.83. The van der Waals surface area contributed by atoms with Gasteiger partial charge in [0.2, 0.25) is 0 Å². The molecule has 1 N–H and O–H groups in total. The maximum atomic E-state index is 11.9. The summed E-state index contributed by atoms with van der Waals surface area (Å²) in [4.78, 5) is 12.7. The Morgan fingerprint density at radius 3 is 2.69 bits per heavy atom. The number of thiophene rings is 1. The molecule has 0 spiro atoms. The molecule has 0 aliphatic rings. The number of amides is 1. The highest BCUT2D eigenvalue weighted by Crippen LogP contribution is 2.18. The van der Waals surface area contributed by atoms with Gasteiger partial charge in [0.05, 0.1) is 4.88 Å². The van der Waals surface area contributed by atoms with Crippen molar-refractivity contribution in [3.05, 3.63) is 51.7 Å². The monoisotopic (exact) mass is 231 g/mol. The second-order valence-electron chi connectivity index (χ2n) is 3.76. The number of aryl methyl sites for hydroxylation is 2. The van der Waals surface area contributed by atoms with Crippen LogP contribution in [0.25, 0.3) is 0 Å². The van der Waals surface area contributed by atoms with Crippen LogP contribution in [-0.2, 0) is 0 Å². The molecule has 16 heavy (non-hydrogen) atoms. The molecule has 0 fully saturated rings. The van der Waals surface area contributed by atoms with Gasteiger partial charge < -0.3 is 5.32 Å². The first-order valence-electron chi connectivity index (χ1n) is 5.09. The van der Waals surface area contributed by atoms with E-state index in [9.17, 15) is 4.79 Å². The largest absolute Gasteiger partial charge is 0.321 e. The lowest BCUT2D eigenvalue weighted by atomic mass is 10.2. The number of hydrogen-bond donors (Lipinski definition) is 1. The quantitative estimate of drug-likeness (QED) is 0.840. The van der Waals surface area contributed by atoms with Crippen LogP contribution < -0.4 is 5.32 Å². The molecule has 1 amide bonds. The van der Waals surface area contributed by atoms with Gasteiger partial charge in [0.1, 0.15) is 0 Å². The van der Waals surface area contributed by atoms with Gasteiger partial charge in [-0.05, 0) is 48.6 Å². The summed E-state index contributed by atoms with van der Waals surface area (Å²) < 4.78 is 0. The summed E-state index contributed by atoms with van der Waals surface area (Å²) in [6, 6.07) is 9.75. The van der Waals surface area contributed by atoms with Gasteiger partial charge in [0.15, 0.2) is 0 Å². The predicted molar refractivity (Wildman–Crippen MR) is 68.2 cm³/mol. The first-order valence-corrected chi connectivity index (χ1v) is 5.97. The second kappa shape index (κ2) is 4.49. The molecule has 1 aromatic carbocycles. The van der Waals surface area contributed by atoms with Crippen molar-refractivity contribution in [2.45, 2.75) is 13.8 Å². The van der Waals surface area contributed by atoms with Gasteiger partial charge in [0, 0.05) is 5.69 Å². The molecule has 0 unspecified atom stereocenters. The topological polar surface area (TPSA) is 29.1 Å². The molecule has 1 aromatic heterocycles. The second-order valence-corrected chi connectivity index (χ2v) is 4.67. The van der Waals surface area contributed by atoms with E-state index in [1.54, 1.807) is 0 Å². The molecule has 2 rings (SSSR count). The zero-order chi connectivity index (χ0) is 11.5. The van der Waals surface area contributed by atoms with E-state index in [1.807, 2.05) is 49.6 Å². The Balaban J connectivity index is 2.17. The Kier molecular flexibility index (Phi) is 3.06. The van der Waals surface area contributed by atoms with Gasteiger partial charge in [-0.15, -0.1) is 11.3 Å². The fraction of sp³-hybridized carbons (Fsp3) is 0.154. The number of rotatable bonds is 2. The number of carbonyl (C=O) groups is 1. The van der Waals surface area contributed by atoms with Crippen LogP contribution >= 0.6 is 11.3 Å². The Labute approximate surface area is 98.9 Å². The van der Waals surface area contributed by atoms with Gasteiger partial charge in [-0.25, -0.2) is 0 Å². The normalized spacial score (nSPS) is 10.1. The minimum Gasteiger partial charge on any atom is -0.321 e. The van der Waals surface area contributed by atoms with Gasteiger partial charge in [0.25, 0.3) is 5.91 Å². The molecule has 3 heteroatoms. The minimum absolute atomic E-state index is 0.0295. The zero-order valence-electron chi connectivity index (χ0n) is 9.28. The molecule has 82 valence electrons. The average molecular weight is 231 g/mol. The Hall–Kier alpha value is -1.61. The van der Waals surface area contributed by atoms with E-state index >= 15 is 0 Å². The molecule has 0 aliphatic carbocycles. The van der Waals surface area contributed by atoms with Crippen molar-refractivity contribution in [1.82, 2.24) is 0 Å². The van der Waals surface area contributed by atoms with E-state index in [1.165, 1.54) is 11.3 Å². The third-order valence-electron chi connectivity index (χ3n) is 2.34. The van der Waals surface area contributed by atoms with E-state index in [4.69, 9.17) is 0 Å². The lowest BCUT2D eigenvalue weighted by Gasteiger charge is -2.05. The standard InChI is InChI=1S/C13H13NOS/c1-9-4-3-5-11(8-9)14-13(15)12-10(2)6-7-16-12/h3-8H,1-2H3,(H,14,15). The maximum Gasteiger partial charge on any atom is 0.265 e. The molecule has 0 saturated heterocycles. The first kappa shape index (κ1) is 10.9. The summed E-state index contributed by atoms with van der Waals surface area (Å²) >= 11 is 1.47. The molecular weight excluding hydrogens is 218 g/mol. The van der Waals surface area contributed by atoms with Crippen LogP contribution in [0.15, 0.2) is 35.7 Å². The number of nitrogens with one attached hydrogen (secondary N) is 1. The smallest absolute Gasteiger partial charge is 0.265 e. The van der Waals surface area contributed by atoms with E-state index in [-0.39, 0.29) is 5.91 Å². The molecule has 0 atom stereocenters. The lowest BCUT2D eigenvalue weighted by molar-refractivity contribution is 0.103. The van der Waals surface area contributed by atoms with E-state index in [0.717, 1.165) is 21.7 Å². The number of carbonyl (C=O) groups excluding carboxylic acids is 1. The van der Waals surface area contributed by atoms with Crippen molar-refractivity contribution in [3.63, 3.8) is 0 Å². The van der Waals surface area contributed by atoms with Crippen LogP contribution in [0.4, 0.5) is 5.69 Å². The van der Waals surface area contributed by atoms with Crippen molar-refractivity contribution >= 4 is 22.9 Å². The maximum absolute atomic E-state index is 11.9. The number of benzene rings is 1. The zero-order valence-corrected chi connectivity index (χ0v) is 10.1. The first-order chi connectivity index (χ1) is 7.66. The van der Waals surface area contributed by atoms with Crippen LogP contribution in [0.3, 0.4) is 0 Å². The van der Waals surface area contributed by atoms with Gasteiger partial charge in [-0.2, -0.15) is 0 Å². The van der Waals surface area contributed by atoms with Crippen LogP contribution in [0, 0.1) is 13.8 Å². The summed E-state index contributed by atoms with van der Waals surface area (Å²) in [7, 11) is 0. The fourth-order valence-corrected chi connectivity index (χ4v) is 2.34. The predicted octanol–water partition coefficient (Wildman–Crippen LogP) is 3.62. The van der Waals surface area contributed by atoms with Crippen molar-refractivity contribution < 1.29 is 4.79 Å². The molecule has 0 bridgehead atoms. The van der Waals surface area contributed by atoms with Gasteiger partial charge in [-0.1, -0.05) is 12.1 Å². The molecule has 2 aromatic rings. The third-order valence-corrected chi connectivity index (χ3v) is 3.36. The molecule has 0 radical (unpaired) electrons. The van der Waals surface area contributed by atoms with Gasteiger partial charge >= 0.3 is 0 Å². The highest BCUT2D eigenvalue weighted by molar-refractivity contribution is 7.12. The van der Waals surface area contributed by atoms with Crippen LogP contribution in [0.1, 0.15) is 20.8 Å². The van der Waals surface area contributed by atoms with Gasteiger partial charge in [-0.3, -0.25) is 4.79 Å². The highest BCUT2D eigenvalue weighted by atomic mass is 32.1. The Morgan fingerprint density at radius 1 is 1.25 bits per heavy atom. The summed E-state index contributed by atoms with van der Waals surface area (Å²) in [5.41, 5.74) is 3.01. The molecule has 1 heterocycles. The molecule has 0 saturated carbocycles. The van der Waals surface area contributed by atoms with Crippen LogP contribution in [0.5, 0.6) is 0 Å². The van der Waals surface area contributed by atoms with Crippen LogP contribution in [0.2, 0.25) is 0 Å². The SMILES string of the molecule is Cc1cccc(NC(=O)c2sccc2C)c1. The molecular formula is C13H13NOS. The Bertz CT molecular complexity index is 516. The van der Waals surface area contributed by atoms with Crippen molar-refractivity contribution in [2.75, 3.05) is 5.32 Å². The third kappa shape index (κ3) is 2.31.